The van der Waals surface area contributed by atoms with Crippen LogP contribution in [0.5, 0.6) is 11.5 Å². The summed E-state index contributed by atoms with van der Waals surface area (Å²) in [4.78, 5) is 0. The Morgan fingerprint density at radius 2 is 2.35 bits per heavy atom. The Balaban J connectivity index is 2.42. The van der Waals surface area contributed by atoms with Crippen LogP contribution in [0.15, 0.2) is 12.1 Å². The molecule has 4 heteroatoms. The maximum Gasteiger partial charge on any atom is 0.124 e. The lowest BCUT2D eigenvalue weighted by molar-refractivity contribution is 0.244. The highest BCUT2D eigenvalue weighted by atomic mass is 16.5. The van der Waals surface area contributed by atoms with Gasteiger partial charge in [0.25, 0.3) is 0 Å². The number of nitrogens with one attached hydrogen (secondary N) is 1. The molecule has 1 aromatic rings. The Kier molecular flexibility index (Phi) is 3.54. The van der Waals surface area contributed by atoms with Gasteiger partial charge in [0.2, 0.25) is 0 Å². The van der Waals surface area contributed by atoms with Gasteiger partial charge in [-0.3, -0.25) is 0 Å². The largest absolute Gasteiger partial charge is 0.496 e. The highest BCUT2D eigenvalue weighted by molar-refractivity contribution is 5.50. The number of aliphatic hydroxyl groups is 1. The van der Waals surface area contributed by atoms with E-state index in [1.807, 2.05) is 26.1 Å². The number of aliphatic hydroxyl groups excluding tert-OH is 1. The molecular formula is C13H19NO3. The minimum atomic E-state index is -0.130. The molecule has 0 bridgehead atoms. The molecule has 2 unspecified atom stereocenters. The van der Waals surface area contributed by atoms with Crippen LogP contribution in [-0.4, -0.2) is 32.0 Å². The van der Waals surface area contributed by atoms with Crippen LogP contribution in [0.2, 0.25) is 0 Å². The van der Waals surface area contributed by atoms with Gasteiger partial charge in [-0.15, -0.1) is 0 Å². The second kappa shape index (κ2) is 4.94. The van der Waals surface area contributed by atoms with Gasteiger partial charge in [0, 0.05) is 17.5 Å². The Bertz CT molecular complexity index is 402. The summed E-state index contributed by atoms with van der Waals surface area (Å²) in [5.74, 6) is 1.71. The summed E-state index contributed by atoms with van der Waals surface area (Å²) in [5.41, 5.74) is 2.11. The molecule has 17 heavy (non-hydrogen) atoms. The smallest absolute Gasteiger partial charge is 0.124 e. The van der Waals surface area contributed by atoms with E-state index >= 15 is 0 Å². The van der Waals surface area contributed by atoms with E-state index in [1.165, 1.54) is 5.56 Å². The van der Waals surface area contributed by atoms with Crippen molar-refractivity contribution in [2.45, 2.75) is 25.5 Å². The molecule has 1 heterocycles. The molecular weight excluding hydrogens is 218 g/mol. The standard InChI is InChI=1S/C13H19NO3/c1-8-4-9-5-13(16-3)10(6-12(9)17-8)11(7-15)14-2/h5-6,8,11,14-15H,4,7H2,1-3H3. The van der Waals surface area contributed by atoms with Crippen LogP contribution in [0.4, 0.5) is 0 Å². The fourth-order valence-corrected chi connectivity index (χ4v) is 2.25. The normalized spacial score (nSPS) is 19.6. The molecule has 0 radical (unpaired) electrons. The molecule has 0 aromatic heterocycles. The number of hydrogen-bond donors (Lipinski definition) is 2. The Labute approximate surface area is 102 Å². The van der Waals surface area contributed by atoms with Gasteiger partial charge in [0.15, 0.2) is 0 Å². The first kappa shape index (κ1) is 12.2. The highest BCUT2D eigenvalue weighted by Gasteiger charge is 2.24. The molecule has 1 aromatic carbocycles. The van der Waals surface area contributed by atoms with Gasteiger partial charge in [0.05, 0.1) is 19.8 Å². The number of hydrogen-bond acceptors (Lipinski definition) is 4. The van der Waals surface area contributed by atoms with Crippen LogP contribution in [0.25, 0.3) is 0 Å². The number of likely N-dealkylation sites (N-methyl/N-ethyl adjacent to an activating group) is 1. The number of ether oxygens (including phenoxy) is 2. The van der Waals surface area contributed by atoms with Crippen LogP contribution in [-0.2, 0) is 6.42 Å². The first-order valence-corrected chi connectivity index (χ1v) is 5.85. The lowest BCUT2D eigenvalue weighted by Crippen LogP contribution is -2.20. The van der Waals surface area contributed by atoms with Crippen LogP contribution in [0, 0.1) is 0 Å². The van der Waals surface area contributed by atoms with Gasteiger partial charge in [0.1, 0.15) is 17.6 Å². The number of benzene rings is 1. The third kappa shape index (κ3) is 2.23. The van der Waals surface area contributed by atoms with Crippen molar-refractivity contribution in [1.29, 1.82) is 0 Å². The zero-order valence-corrected chi connectivity index (χ0v) is 10.5. The first-order chi connectivity index (χ1) is 8.19. The third-order valence-electron chi connectivity index (χ3n) is 3.15. The minimum Gasteiger partial charge on any atom is -0.496 e. The average molecular weight is 237 g/mol. The van der Waals surface area contributed by atoms with E-state index in [9.17, 15) is 5.11 Å². The van der Waals surface area contributed by atoms with Crippen LogP contribution < -0.4 is 14.8 Å². The molecule has 2 rings (SSSR count). The lowest BCUT2D eigenvalue weighted by atomic mass is 10.0. The summed E-state index contributed by atoms with van der Waals surface area (Å²) in [6.45, 7) is 2.08. The molecule has 0 spiro atoms. The first-order valence-electron chi connectivity index (χ1n) is 5.85. The lowest BCUT2D eigenvalue weighted by Gasteiger charge is -2.18. The topological polar surface area (TPSA) is 50.7 Å². The fraction of sp³-hybridized carbons (Fsp3) is 0.538. The Morgan fingerprint density at radius 1 is 1.59 bits per heavy atom. The molecule has 0 aliphatic carbocycles. The van der Waals surface area contributed by atoms with Crippen LogP contribution >= 0.6 is 0 Å². The number of methoxy groups -OCH3 is 1. The highest BCUT2D eigenvalue weighted by Crippen LogP contribution is 2.37. The van der Waals surface area contributed by atoms with Crippen molar-refractivity contribution >= 4 is 0 Å². The maximum absolute atomic E-state index is 9.34. The minimum absolute atomic E-state index is 0.0290. The SMILES string of the molecule is CNC(CO)c1cc2c(cc1OC)CC(C)O2. The summed E-state index contributed by atoms with van der Waals surface area (Å²) < 4.78 is 11.1. The second-order valence-corrected chi connectivity index (χ2v) is 4.36. The van der Waals surface area contributed by atoms with E-state index in [1.54, 1.807) is 7.11 Å². The van der Waals surface area contributed by atoms with E-state index < -0.39 is 0 Å². The second-order valence-electron chi connectivity index (χ2n) is 4.36. The van der Waals surface area contributed by atoms with Crippen molar-refractivity contribution in [3.05, 3.63) is 23.3 Å². The molecule has 2 atom stereocenters. The molecule has 94 valence electrons. The average Bonchev–Trinajstić information content (AvgIpc) is 2.68. The van der Waals surface area contributed by atoms with E-state index in [2.05, 4.69) is 5.32 Å². The number of fused-ring (bicyclic) bond motifs is 1. The molecule has 1 aliphatic heterocycles. The van der Waals surface area contributed by atoms with Gasteiger partial charge in [-0.25, -0.2) is 0 Å². The third-order valence-corrected chi connectivity index (χ3v) is 3.15. The molecule has 0 fully saturated rings. The molecule has 2 N–H and O–H groups in total. The van der Waals surface area contributed by atoms with Crippen molar-refractivity contribution in [1.82, 2.24) is 5.32 Å². The fourth-order valence-electron chi connectivity index (χ4n) is 2.25. The summed E-state index contributed by atoms with van der Waals surface area (Å²) in [7, 11) is 3.46. The van der Waals surface area contributed by atoms with Gasteiger partial charge in [-0.05, 0) is 26.1 Å². The number of rotatable bonds is 4. The van der Waals surface area contributed by atoms with Crippen LogP contribution in [0.3, 0.4) is 0 Å². The zero-order valence-electron chi connectivity index (χ0n) is 10.5. The predicted octanol–water partition coefficient (Wildman–Crippen LogP) is 1.27. The van der Waals surface area contributed by atoms with Gasteiger partial charge in [-0.1, -0.05) is 0 Å². The van der Waals surface area contributed by atoms with Crippen molar-refractivity contribution < 1.29 is 14.6 Å². The zero-order chi connectivity index (χ0) is 12.4. The van der Waals surface area contributed by atoms with Crippen molar-refractivity contribution in [3.63, 3.8) is 0 Å². The molecule has 0 saturated heterocycles. The Hall–Kier alpha value is -1.26. The van der Waals surface area contributed by atoms with E-state index in [0.29, 0.717) is 0 Å². The van der Waals surface area contributed by atoms with Gasteiger partial charge in [-0.2, -0.15) is 0 Å². The van der Waals surface area contributed by atoms with Crippen LogP contribution in [0.1, 0.15) is 24.1 Å². The summed E-state index contributed by atoms with van der Waals surface area (Å²) in [6.07, 6.45) is 1.13. The van der Waals surface area contributed by atoms with E-state index in [4.69, 9.17) is 9.47 Å². The molecule has 4 nitrogen and oxygen atoms in total. The van der Waals surface area contributed by atoms with Gasteiger partial charge >= 0.3 is 0 Å². The van der Waals surface area contributed by atoms with Gasteiger partial charge < -0.3 is 19.9 Å². The quantitative estimate of drug-likeness (QED) is 0.828. The summed E-state index contributed by atoms with van der Waals surface area (Å²) >= 11 is 0. The summed E-state index contributed by atoms with van der Waals surface area (Å²) in [5, 5.41) is 12.4. The Morgan fingerprint density at radius 3 is 2.94 bits per heavy atom. The predicted molar refractivity (Wildman–Crippen MR) is 65.7 cm³/mol. The molecule has 0 amide bonds. The molecule has 0 saturated carbocycles. The van der Waals surface area contributed by atoms with E-state index in [-0.39, 0.29) is 18.8 Å². The maximum atomic E-state index is 9.34. The molecule has 1 aliphatic rings. The van der Waals surface area contributed by atoms with Crippen molar-refractivity contribution in [3.8, 4) is 11.5 Å². The monoisotopic (exact) mass is 237 g/mol. The summed E-state index contributed by atoms with van der Waals surface area (Å²) in [6, 6.07) is 3.85. The van der Waals surface area contributed by atoms with E-state index in [0.717, 1.165) is 23.5 Å². The van der Waals surface area contributed by atoms with Crippen molar-refractivity contribution in [2.75, 3.05) is 20.8 Å². The van der Waals surface area contributed by atoms with Crippen molar-refractivity contribution in [2.24, 2.45) is 0 Å².